The molecule has 0 radical (unpaired) electrons. The number of rotatable bonds is 7. The van der Waals surface area contributed by atoms with Crippen molar-refractivity contribution in [3.63, 3.8) is 0 Å². The molecule has 5 aliphatic rings. The van der Waals surface area contributed by atoms with Crippen LogP contribution in [0, 0.1) is 34.5 Å². The van der Waals surface area contributed by atoms with Gasteiger partial charge in [0.05, 0.1) is 33.9 Å². The van der Waals surface area contributed by atoms with E-state index in [1.54, 1.807) is 24.4 Å². The second-order valence-corrected chi connectivity index (χ2v) is 16.0. The molecule has 44 heavy (non-hydrogen) atoms. The van der Waals surface area contributed by atoms with Crippen LogP contribution in [0.15, 0.2) is 46.2 Å². The number of amides is 1. The number of hydrogen-bond acceptors (Lipinski definition) is 7. The molecule has 232 valence electrons. The van der Waals surface area contributed by atoms with Gasteiger partial charge >= 0.3 is 0 Å². The van der Waals surface area contributed by atoms with Crippen LogP contribution in [-0.2, 0) is 20.4 Å². The molecular formula is C32H39N7O4S. The van der Waals surface area contributed by atoms with E-state index in [1.165, 1.54) is 45.5 Å². The number of sulfonamides is 1. The third kappa shape index (κ3) is 4.63. The minimum absolute atomic E-state index is 0.157. The Labute approximate surface area is 257 Å². The number of carbonyl (C=O) groups is 1. The maximum Gasteiger partial charge on any atom is 0.261 e. The molecule has 12 heteroatoms. The third-order valence-electron chi connectivity index (χ3n) is 10.8. The first-order chi connectivity index (χ1) is 21.0. The maximum absolute atomic E-state index is 14.1. The van der Waals surface area contributed by atoms with Gasteiger partial charge in [0.2, 0.25) is 15.9 Å². The SMILES string of the molecule is CN(C)S(=O)(=O)c1ccc(Nc2nn(C3(CC#N)CCN(C(=O)C45CC6C[C@H](C4)C[C@@H](C6)C5)CC3)c3cc[nH]c(=O)c23)cc1. The number of nitriles is 1. The summed E-state index contributed by atoms with van der Waals surface area (Å²) in [6.45, 7) is 1.11. The van der Waals surface area contributed by atoms with Crippen molar-refractivity contribution < 1.29 is 13.2 Å². The van der Waals surface area contributed by atoms with E-state index >= 15 is 0 Å². The number of benzene rings is 1. The third-order valence-corrected chi connectivity index (χ3v) is 12.7. The number of H-pyrrole nitrogens is 1. The molecule has 3 aromatic rings. The molecule has 2 aromatic heterocycles. The number of aromatic nitrogens is 3. The Morgan fingerprint density at radius 2 is 1.68 bits per heavy atom. The summed E-state index contributed by atoms with van der Waals surface area (Å²) >= 11 is 0. The summed E-state index contributed by atoms with van der Waals surface area (Å²) in [5.74, 6) is 2.72. The van der Waals surface area contributed by atoms with Crippen molar-refractivity contribution >= 4 is 38.3 Å². The van der Waals surface area contributed by atoms with Gasteiger partial charge in [0.15, 0.2) is 5.82 Å². The Balaban J connectivity index is 1.17. The standard InChI is InChI=1S/C32H39N7O4S/c1-37(2)44(42,43)25-5-3-24(4-6-25)35-28-27-26(7-12-34-29(27)40)39(36-28)32(8-11-33)9-13-38(14-10-32)30(41)31-18-21-15-22(19-31)17-23(16-21)20-31/h3-7,12,21-23H,8-10,13-20H2,1-2H3,(H,34,40)(H,35,36)/t21-,22+,23?,31?. The summed E-state index contributed by atoms with van der Waals surface area (Å²) in [5.41, 5.74) is -0.0110. The fourth-order valence-electron chi connectivity index (χ4n) is 9.03. The molecule has 11 nitrogen and oxygen atoms in total. The zero-order valence-electron chi connectivity index (χ0n) is 25.3. The van der Waals surface area contributed by atoms with Gasteiger partial charge in [-0.2, -0.15) is 10.4 Å². The smallest absolute Gasteiger partial charge is 0.261 e. The first kappa shape index (κ1) is 29.0. The molecule has 2 N–H and O–H groups in total. The van der Waals surface area contributed by atoms with Crippen LogP contribution in [-0.4, -0.2) is 65.5 Å². The van der Waals surface area contributed by atoms with Gasteiger partial charge in [-0.15, -0.1) is 0 Å². The second kappa shape index (κ2) is 10.4. The Bertz CT molecular complexity index is 1780. The summed E-state index contributed by atoms with van der Waals surface area (Å²) < 4.78 is 28.0. The highest BCUT2D eigenvalue weighted by Crippen LogP contribution is 2.60. The van der Waals surface area contributed by atoms with Crippen molar-refractivity contribution in [2.45, 2.75) is 68.2 Å². The van der Waals surface area contributed by atoms with Crippen LogP contribution in [0.1, 0.15) is 57.8 Å². The fraction of sp³-hybridized carbons (Fsp3) is 0.562. The molecule has 0 atom stereocenters. The molecule has 3 heterocycles. The van der Waals surface area contributed by atoms with E-state index in [1.807, 2.05) is 9.58 Å². The van der Waals surface area contributed by atoms with Crippen molar-refractivity contribution in [1.29, 1.82) is 5.26 Å². The van der Waals surface area contributed by atoms with Crippen molar-refractivity contribution in [3.8, 4) is 6.07 Å². The topological polar surface area (TPSA) is 144 Å². The van der Waals surface area contributed by atoms with Crippen molar-refractivity contribution in [2.75, 3.05) is 32.5 Å². The van der Waals surface area contributed by atoms with Gasteiger partial charge < -0.3 is 15.2 Å². The molecule has 5 fully saturated rings. The minimum atomic E-state index is -3.58. The van der Waals surface area contributed by atoms with Crippen molar-refractivity contribution in [1.82, 2.24) is 24.0 Å². The molecule has 1 aromatic carbocycles. The highest BCUT2D eigenvalue weighted by Gasteiger charge is 2.56. The maximum atomic E-state index is 14.1. The second-order valence-electron chi connectivity index (χ2n) is 13.8. The predicted molar refractivity (Wildman–Crippen MR) is 166 cm³/mol. The Morgan fingerprint density at radius 1 is 1.07 bits per heavy atom. The number of carbonyl (C=O) groups excluding carboxylic acids is 1. The molecule has 1 amide bonds. The Kier molecular flexibility index (Phi) is 6.90. The summed E-state index contributed by atoms with van der Waals surface area (Å²) in [6.07, 6.45) is 9.88. The van der Waals surface area contributed by atoms with Gasteiger partial charge in [-0.1, -0.05) is 0 Å². The number of nitrogens with one attached hydrogen (secondary N) is 2. The van der Waals surface area contributed by atoms with Crippen LogP contribution >= 0.6 is 0 Å². The van der Waals surface area contributed by atoms with Crippen LogP contribution in [0.5, 0.6) is 0 Å². The quantitative estimate of drug-likeness (QED) is 0.405. The lowest BCUT2D eigenvalue weighted by atomic mass is 9.49. The zero-order valence-corrected chi connectivity index (χ0v) is 26.1. The molecule has 1 saturated heterocycles. The summed E-state index contributed by atoms with van der Waals surface area (Å²) in [5, 5.41) is 18.4. The fourth-order valence-corrected chi connectivity index (χ4v) is 9.93. The molecule has 4 bridgehead atoms. The molecule has 8 rings (SSSR count). The highest BCUT2D eigenvalue weighted by atomic mass is 32.2. The van der Waals surface area contributed by atoms with Crippen molar-refractivity contribution in [3.05, 3.63) is 46.9 Å². The number of pyridine rings is 1. The van der Waals surface area contributed by atoms with Gasteiger partial charge in [-0.25, -0.2) is 12.7 Å². The van der Waals surface area contributed by atoms with E-state index in [2.05, 4.69) is 16.4 Å². The summed E-state index contributed by atoms with van der Waals surface area (Å²) in [7, 11) is -0.626. The molecule has 4 aliphatic carbocycles. The first-order valence-corrected chi connectivity index (χ1v) is 17.0. The van der Waals surface area contributed by atoms with Crippen LogP contribution in [0.25, 0.3) is 10.9 Å². The monoisotopic (exact) mass is 617 g/mol. The largest absolute Gasteiger partial charge is 0.342 e. The van der Waals surface area contributed by atoms with E-state index in [9.17, 15) is 23.3 Å². The van der Waals surface area contributed by atoms with Crippen LogP contribution in [0.4, 0.5) is 11.5 Å². The number of anilines is 2. The normalized spacial score (nSPS) is 27.5. The van der Waals surface area contributed by atoms with Crippen LogP contribution < -0.4 is 10.9 Å². The van der Waals surface area contributed by atoms with Gasteiger partial charge in [-0.3, -0.25) is 14.3 Å². The molecule has 4 saturated carbocycles. The van der Waals surface area contributed by atoms with Crippen LogP contribution in [0.2, 0.25) is 0 Å². The number of likely N-dealkylation sites (tertiary alicyclic amines) is 1. The Morgan fingerprint density at radius 3 is 2.25 bits per heavy atom. The summed E-state index contributed by atoms with van der Waals surface area (Å²) in [4.78, 5) is 32.1. The highest BCUT2D eigenvalue weighted by molar-refractivity contribution is 7.89. The number of piperidine rings is 1. The molecule has 1 aliphatic heterocycles. The average Bonchev–Trinajstić information content (AvgIpc) is 3.37. The van der Waals surface area contributed by atoms with E-state index in [0.29, 0.717) is 72.0 Å². The lowest BCUT2D eigenvalue weighted by Gasteiger charge is -2.57. The van der Waals surface area contributed by atoms with E-state index in [-0.39, 0.29) is 22.3 Å². The van der Waals surface area contributed by atoms with E-state index in [4.69, 9.17) is 5.10 Å². The number of hydrogen-bond donors (Lipinski definition) is 2. The number of fused-ring (bicyclic) bond motifs is 1. The van der Waals surface area contributed by atoms with Gasteiger partial charge in [-0.05, 0) is 99.5 Å². The van der Waals surface area contributed by atoms with Crippen molar-refractivity contribution in [2.24, 2.45) is 23.2 Å². The molecule has 0 spiro atoms. The van der Waals surface area contributed by atoms with E-state index in [0.717, 1.165) is 23.6 Å². The minimum Gasteiger partial charge on any atom is -0.342 e. The molecule has 0 unspecified atom stereocenters. The first-order valence-electron chi connectivity index (χ1n) is 15.6. The Hall–Kier alpha value is -3.69. The number of aromatic amines is 1. The van der Waals surface area contributed by atoms with Crippen LogP contribution in [0.3, 0.4) is 0 Å². The van der Waals surface area contributed by atoms with Gasteiger partial charge in [0.1, 0.15) is 5.39 Å². The summed E-state index contributed by atoms with van der Waals surface area (Å²) in [6, 6.07) is 10.5. The lowest BCUT2D eigenvalue weighted by molar-refractivity contribution is -0.159. The van der Waals surface area contributed by atoms with Gasteiger partial charge in [0, 0.05) is 39.1 Å². The molecular weight excluding hydrogens is 578 g/mol. The average molecular weight is 618 g/mol. The zero-order chi connectivity index (χ0) is 30.9. The predicted octanol–water partition coefficient (Wildman–Crippen LogP) is 4.17. The lowest BCUT2D eigenvalue weighted by Crippen LogP contribution is -2.57. The van der Waals surface area contributed by atoms with Gasteiger partial charge in [0.25, 0.3) is 5.56 Å². The van der Waals surface area contributed by atoms with E-state index < -0.39 is 15.6 Å². The number of nitrogens with zero attached hydrogens (tertiary/aromatic N) is 5.